The first kappa shape index (κ1) is 19.0. The number of likely N-dealkylation sites (N-methyl/N-ethyl adjacent to an activating group) is 1. The Hall–Kier alpha value is -3.36. The lowest BCUT2D eigenvalue weighted by molar-refractivity contribution is -0.384. The molecule has 0 spiro atoms. The lowest BCUT2D eigenvalue weighted by atomic mass is 10.1. The van der Waals surface area contributed by atoms with Crippen molar-refractivity contribution in [3.8, 4) is 0 Å². The van der Waals surface area contributed by atoms with Gasteiger partial charge in [0.1, 0.15) is 23.9 Å². The summed E-state index contributed by atoms with van der Waals surface area (Å²) in [4.78, 5) is 35.8. The molecule has 0 aliphatic rings. The Labute approximate surface area is 147 Å². The highest BCUT2D eigenvalue weighted by Crippen LogP contribution is 2.18. The minimum atomic E-state index is -0.939. The summed E-state index contributed by atoms with van der Waals surface area (Å²) >= 11 is 0. The van der Waals surface area contributed by atoms with Crippen LogP contribution in [0, 0.1) is 21.7 Å². The molecule has 26 heavy (non-hydrogen) atoms. The third-order valence-corrected chi connectivity index (χ3v) is 3.53. The zero-order chi connectivity index (χ0) is 19.3. The van der Waals surface area contributed by atoms with Gasteiger partial charge in [0.15, 0.2) is 0 Å². The van der Waals surface area contributed by atoms with Gasteiger partial charge in [0.2, 0.25) is 5.91 Å². The van der Waals surface area contributed by atoms with Crippen molar-refractivity contribution >= 4 is 23.2 Å². The number of nitro benzene ring substituents is 1. The van der Waals surface area contributed by atoms with E-state index in [-0.39, 0.29) is 17.8 Å². The highest BCUT2D eigenvalue weighted by atomic mass is 19.1. The molecule has 0 saturated carbocycles. The van der Waals surface area contributed by atoms with Gasteiger partial charge in [-0.05, 0) is 25.1 Å². The number of rotatable bonds is 6. The molecule has 2 rings (SSSR count). The van der Waals surface area contributed by atoms with Crippen LogP contribution in [0.2, 0.25) is 0 Å². The van der Waals surface area contributed by atoms with Gasteiger partial charge < -0.3 is 10.2 Å². The number of nitrogens with one attached hydrogen (secondary N) is 1. The molecule has 0 bridgehead atoms. The van der Waals surface area contributed by atoms with Crippen LogP contribution in [0.15, 0.2) is 42.5 Å². The van der Waals surface area contributed by atoms with Crippen LogP contribution in [-0.2, 0) is 4.79 Å². The molecule has 0 radical (unpaired) electrons. The number of amides is 2. The van der Waals surface area contributed by atoms with Gasteiger partial charge in [0, 0.05) is 24.2 Å². The van der Waals surface area contributed by atoms with Crippen LogP contribution in [0.5, 0.6) is 0 Å². The van der Waals surface area contributed by atoms with Crippen molar-refractivity contribution in [1.29, 1.82) is 0 Å². The minimum Gasteiger partial charge on any atom is -0.330 e. The van der Waals surface area contributed by atoms with Crippen LogP contribution in [-0.4, -0.2) is 34.7 Å². The maximum atomic E-state index is 13.6. The van der Waals surface area contributed by atoms with Crippen molar-refractivity contribution in [3.63, 3.8) is 0 Å². The van der Waals surface area contributed by atoms with E-state index in [2.05, 4.69) is 5.32 Å². The average Bonchev–Trinajstić information content (AvgIpc) is 2.62. The van der Waals surface area contributed by atoms with Crippen LogP contribution in [0.25, 0.3) is 0 Å². The van der Waals surface area contributed by atoms with Gasteiger partial charge in [-0.15, -0.1) is 0 Å². The Morgan fingerprint density at radius 1 is 1.15 bits per heavy atom. The van der Waals surface area contributed by atoms with Crippen molar-refractivity contribution in [2.45, 2.75) is 6.92 Å². The molecule has 2 amide bonds. The standard InChI is InChI=1S/C17H15F2N3O4/c1-2-21(17(24)11-5-3-6-12(9-11)22(25)26)10-15(23)20-16-13(18)7-4-8-14(16)19/h3-9H,2,10H2,1H3,(H,20,23). The molecule has 0 fully saturated rings. The third-order valence-electron chi connectivity index (χ3n) is 3.53. The fraction of sp³-hybridized carbons (Fsp3) is 0.176. The van der Waals surface area contributed by atoms with Gasteiger partial charge in [0.25, 0.3) is 11.6 Å². The number of halogens is 2. The second-order valence-electron chi connectivity index (χ2n) is 5.27. The number of anilines is 1. The number of nitrogens with zero attached hydrogens (tertiary/aromatic N) is 2. The quantitative estimate of drug-likeness (QED) is 0.631. The first-order valence-electron chi connectivity index (χ1n) is 7.61. The summed E-state index contributed by atoms with van der Waals surface area (Å²) in [5.41, 5.74) is -0.827. The molecule has 7 nitrogen and oxygen atoms in total. The van der Waals surface area contributed by atoms with Crippen LogP contribution >= 0.6 is 0 Å². The third kappa shape index (κ3) is 4.38. The van der Waals surface area contributed by atoms with E-state index in [1.807, 2.05) is 0 Å². The summed E-state index contributed by atoms with van der Waals surface area (Å²) in [6, 6.07) is 8.21. The van der Waals surface area contributed by atoms with E-state index in [0.717, 1.165) is 29.2 Å². The van der Waals surface area contributed by atoms with Gasteiger partial charge in [-0.3, -0.25) is 19.7 Å². The highest BCUT2D eigenvalue weighted by molar-refractivity contribution is 5.99. The minimum absolute atomic E-state index is 0.0333. The average molecular weight is 363 g/mol. The predicted octanol–water partition coefficient (Wildman–Crippen LogP) is 2.97. The maximum absolute atomic E-state index is 13.6. The van der Waals surface area contributed by atoms with Crippen LogP contribution in [0.1, 0.15) is 17.3 Å². The van der Waals surface area contributed by atoms with Crippen molar-refractivity contribution in [2.75, 3.05) is 18.4 Å². The molecule has 0 aromatic heterocycles. The zero-order valence-electron chi connectivity index (χ0n) is 13.7. The summed E-state index contributed by atoms with van der Waals surface area (Å²) in [6.45, 7) is 1.26. The molecule has 2 aromatic carbocycles. The van der Waals surface area contributed by atoms with E-state index in [4.69, 9.17) is 0 Å². The number of benzene rings is 2. The van der Waals surface area contributed by atoms with E-state index >= 15 is 0 Å². The summed E-state index contributed by atoms with van der Waals surface area (Å²) in [6.07, 6.45) is 0. The van der Waals surface area contributed by atoms with Crippen LogP contribution in [0.4, 0.5) is 20.2 Å². The number of nitro groups is 1. The topological polar surface area (TPSA) is 92.6 Å². The summed E-state index contributed by atoms with van der Waals surface area (Å²) in [5.74, 6) is -3.28. The molecule has 1 N–H and O–H groups in total. The molecule has 0 atom stereocenters. The Bertz CT molecular complexity index is 837. The highest BCUT2D eigenvalue weighted by Gasteiger charge is 2.20. The number of hydrogen-bond acceptors (Lipinski definition) is 4. The molecule has 9 heteroatoms. The fourth-order valence-corrected chi connectivity index (χ4v) is 2.23. The molecule has 0 aliphatic heterocycles. The van der Waals surface area contributed by atoms with Crippen molar-refractivity contribution in [2.24, 2.45) is 0 Å². The van der Waals surface area contributed by atoms with E-state index < -0.39 is 40.6 Å². The molecule has 0 aliphatic carbocycles. The largest absolute Gasteiger partial charge is 0.330 e. The number of non-ortho nitro benzene ring substituents is 1. The molecule has 0 unspecified atom stereocenters. The zero-order valence-corrected chi connectivity index (χ0v) is 13.7. The van der Waals surface area contributed by atoms with Gasteiger partial charge in [0.05, 0.1) is 4.92 Å². The molecule has 0 heterocycles. The van der Waals surface area contributed by atoms with E-state index in [0.29, 0.717) is 0 Å². The van der Waals surface area contributed by atoms with Crippen LogP contribution < -0.4 is 5.32 Å². The number of carbonyl (C=O) groups is 2. The monoisotopic (exact) mass is 363 g/mol. The van der Waals surface area contributed by atoms with Gasteiger partial charge in [-0.25, -0.2) is 8.78 Å². The van der Waals surface area contributed by atoms with Crippen molar-refractivity contribution in [3.05, 3.63) is 69.8 Å². The normalized spacial score (nSPS) is 10.3. The van der Waals surface area contributed by atoms with E-state index in [9.17, 15) is 28.5 Å². The van der Waals surface area contributed by atoms with E-state index in [1.165, 1.54) is 18.2 Å². The Kier molecular flexibility index (Phi) is 5.94. The fourth-order valence-electron chi connectivity index (χ4n) is 2.23. The van der Waals surface area contributed by atoms with Crippen LogP contribution in [0.3, 0.4) is 0 Å². The first-order chi connectivity index (χ1) is 12.3. The smallest absolute Gasteiger partial charge is 0.270 e. The predicted molar refractivity (Wildman–Crippen MR) is 89.7 cm³/mol. The van der Waals surface area contributed by atoms with Crippen molar-refractivity contribution in [1.82, 2.24) is 4.90 Å². The molecule has 2 aromatic rings. The lowest BCUT2D eigenvalue weighted by Crippen LogP contribution is -2.38. The molecule has 0 saturated heterocycles. The second-order valence-corrected chi connectivity index (χ2v) is 5.27. The van der Waals surface area contributed by atoms with Gasteiger partial charge in [-0.2, -0.15) is 0 Å². The number of carbonyl (C=O) groups excluding carboxylic acids is 2. The summed E-state index contributed by atoms with van der Waals surface area (Å²) in [5, 5.41) is 12.9. The molecule has 136 valence electrons. The van der Waals surface area contributed by atoms with E-state index in [1.54, 1.807) is 6.92 Å². The maximum Gasteiger partial charge on any atom is 0.270 e. The Balaban J connectivity index is 2.13. The Morgan fingerprint density at radius 3 is 2.35 bits per heavy atom. The van der Waals surface area contributed by atoms with Gasteiger partial charge >= 0.3 is 0 Å². The molecular weight excluding hydrogens is 348 g/mol. The summed E-state index contributed by atoms with van der Waals surface area (Å²) in [7, 11) is 0. The lowest BCUT2D eigenvalue weighted by Gasteiger charge is -2.20. The second kappa shape index (κ2) is 8.15. The Morgan fingerprint density at radius 2 is 1.77 bits per heavy atom. The summed E-state index contributed by atoms with van der Waals surface area (Å²) < 4.78 is 27.1. The molecular formula is C17H15F2N3O4. The number of hydrogen-bond donors (Lipinski definition) is 1. The number of para-hydroxylation sites is 1. The van der Waals surface area contributed by atoms with Gasteiger partial charge in [-0.1, -0.05) is 12.1 Å². The first-order valence-corrected chi connectivity index (χ1v) is 7.61. The SMILES string of the molecule is CCN(CC(=O)Nc1c(F)cccc1F)C(=O)c1cccc([N+](=O)[O-])c1. The van der Waals surface area contributed by atoms with Crippen molar-refractivity contribution < 1.29 is 23.3 Å².